The van der Waals surface area contributed by atoms with E-state index in [0.29, 0.717) is 0 Å². The van der Waals surface area contributed by atoms with Crippen molar-refractivity contribution in [2.45, 2.75) is 72.3 Å². The average Bonchev–Trinajstić information content (AvgIpc) is 2.19. The van der Waals surface area contributed by atoms with Crippen LogP contribution in [-0.2, 0) is 0 Å². The predicted octanol–water partition coefficient (Wildman–Crippen LogP) is 3.98. The normalized spacial score (nSPS) is 15.4. The summed E-state index contributed by atoms with van der Waals surface area (Å²) in [5.74, 6) is 0.914. The van der Waals surface area contributed by atoms with Gasteiger partial charge in [0.2, 0.25) is 0 Å². The Balaban J connectivity index is 3.50. The Bertz CT molecular complexity index is 112. The van der Waals surface area contributed by atoms with Gasteiger partial charge in [-0.1, -0.05) is 40.5 Å². The summed E-state index contributed by atoms with van der Waals surface area (Å²) in [6.07, 6.45) is 8.01. The van der Waals surface area contributed by atoms with E-state index in [-0.39, 0.29) is 0 Å². The van der Waals surface area contributed by atoms with Crippen LogP contribution in [0.3, 0.4) is 0 Å². The molecule has 0 aliphatic carbocycles. The molecule has 1 nitrogen and oxygen atoms in total. The molecule has 0 heterocycles. The molecule has 0 radical (unpaired) electrons. The standard InChI is InChI=1S/C13H29N/c1-5-8-12(4)9-10-13(7-3)14-11-6-2/h12-14H,5-11H2,1-4H3. The van der Waals surface area contributed by atoms with Gasteiger partial charge >= 0.3 is 0 Å². The minimum atomic E-state index is 0.759. The van der Waals surface area contributed by atoms with Gasteiger partial charge in [-0.3, -0.25) is 0 Å². The second-order valence-corrected chi connectivity index (χ2v) is 4.53. The van der Waals surface area contributed by atoms with Gasteiger partial charge in [0.1, 0.15) is 0 Å². The Morgan fingerprint density at radius 2 is 1.64 bits per heavy atom. The van der Waals surface area contributed by atoms with Crippen LogP contribution < -0.4 is 5.32 Å². The van der Waals surface area contributed by atoms with Gasteiger partial charge in [0.25, 0.3) is 0 Å². The van der Waals surface area contributed by atoms with Crippen molar-refractivity contribution in [2.24, 2.45) is 5.92 Å². The molecule has 1 N–H and O–H groups in total. The van der Waals surface area contributed by atoms with Crippen molar-refractivity contribution in [3.63, 3.8) is 0 Å². The van der Waals surface area contributed by atoms with Gasteiger partial charge in [-0.05, 0) is 38.1 Å². The first kappa shape index (κ1) is 14.0. The van der Waals surface area contributed by atoms with Gasteiger partial charge in [-0.25, -0.2) is 0 Å². The van der Waals surface area contributed by atoms with Gasteiger partial charge in [-0.2, -0.15) is 0 Å². The summed E-state index contributed by atoms with van der Waals surface area (Å²) in [6.45, 7) is 10.4. The number of hydrogen-bond acceptors (Lipinski definition) is 1. The molecule has 0 rings (SSSR count). The SMILES string of the molecule is CCCNC(CC)CCC(C)CCC. The van der Waals surface area contributed by atoms with Crippen LogP contribution in [0.2, 0.25) is 0 Å². The number of rotatable bonds is 9. The number of hydrogen-bond donors (Lipinski definition) is 1. The molecule has 0 aliphatic rings. The molecular weight excluding hydrogens is 170 g/mol. The monoisotopic (exact) mass is 199 g/mol. The van der Waals surface area contributed by atoms with Crippen molar-refractivity contribution < 1.29 is 0 Å². The van der Waals surface area contributed by atoms with E-state index < -0.39 is 0 Å². The van der Waals surface area contributed by atoms with E-state index >= 15 is 0 Å². The van der Waals surface area contributed by atoms with Gasteiger partial charge in [0, 0.05) is 6.04 Å². The van der Waals surface area contributed by atoms with Gasteiger partial charge < -0.3 is 5.32 Å². The Kier molecular flexibility index (Phi) is 9.49. The molecule has 14 heavy (non-hydrogen) atoms. The second-order valence-electron chi connectivity index (χ2n) is 4.53. The zero-order valence-electron chi connectivity index (χ0n) is 10.6. The lowest BCUT2D eigenvalue weighted by Gasteiger charge is -2.18. The van der Waals surface area contributed by atoms with Crippen molar-refractivity contribution in [2.75, 3.05) is 6.54 Å². The summed E-state index contributed by atoms with van der Waals surface area (Å²) >= 11 is 0. The molecule has 0 spiro atoms. The Morgan fingerprint density at radius 1 is 0.929 bits per heavy atom. The number of nitrogens with one attached hydrogen (secondary N) is 1. The minimum Gasteiger partial charge on any atom is -0.314 e. The Labute approximate surface area is 90.7 Å². The van der Waals surface area contributed by atoms with Crippen molar-refractivity contribution in [1.29, 1.82) is 0 Å². The van der Waals surface area contributed by atoms with Crippen LogP contribution in [0, 0.1) is 5.92 Å². The van der Waals surface area contributed by atoms with Crippen molar-refractivity contribution in [1.82, 2.24) is 5.32 Å². The molecule has 0 aromatic heterocycles. The summed E-state index contributed by atoms with van der Waals surface area (Å²) in [7, 11) is 0. The van der Waals surface area contributed by atoms with Crippen LogP contribution in [0.1, 0.15) is 66.2 Å². The molecule has 0 saturated carbocycles. The van der Waals surface area contributed by atoms with E-state index in [9.17, 15) is 0 Å². The molecule has 0 fully saturated rings. The molecule has 0 bridgehead atoms. The predicted molar refractivity (Wildman–Crippen MR) is 65.7 cm³/mol. The van der Waals surface area contributed by atoms with E-state index in [0.717, 1.165) is 12.0 Å². The molecule has 0 aliphatic heterocycles. The highest BCUT2D eigenvalue weighted by atomic mass is 14.9. The lowest BCUT2D eigenvalue weighted by atomic mass is 9.96. The van der Waals surface area contributed by atoms with Gasteiger partial charge in [-0.15, -0.1) is 0 Å². The van der Waals surface area contributed by atoms with E-state index in [4.69, 9.17) is 0 Å². The minimum absolute atomic E-state index is 0.759. The lowest BCUT2D eigenvalue weighted by molar-refractivity contribution is 0.393. The van der Waals surface area contributed by atoms with Crippen molar-refractivity contribution >= 4 is 0 Å². The first-order chi connectivity index (χ1) is 6.74. The fourth-order valence-electron chi connectivity index (χ4n) is 1.92. The van der Waals surface area contributed by atoms with E-state index in [1.165, 1.54) is 45.1 Å². The first-order valence-electron chi connectivity index (χ1n) is 6.47. The average molecular weight is 199 g/mol. The third kappa shape index (κ3) is 7.37. The zero-order valence-corrected chi connectivity index (χ0v) is 10.6. The van der Waals surface area contributed by atoms with Gasteiger partial charge in [0.05, 0.1) is 0 Å². The molecule has 0 amide bonds. The second kappa shape index (κ2) is 9.51. The molecule has 0 aromatic carbocycles. The van der Waals surface area contributed by atoms with Crippen LogP contribution >= 0.6 is 0 Å². The summed E-state index contributed by atoms with van der Waals surface area (Å²) in [6, 6.07) is 0.759. The molecule has 2 atom stereocenters. The Morgan fingerprint density at radius 3 is 2.14 bits per heavy atom. The smallest absolute Gasteiger partial charge is 0.00645 e. The highest BCUT2D eigenvalue weighted by Crippen LogP contribution is 2.14. The third-order valence-corrected chi connectivity index (χ3v) is 2.97. The quantitative estimate of drug-likeness (QED) is 0.592. The fraction of sp³-hybridized carbons (Fsp3) is 1.00. The molecule has 2 unspecified atom stereocenters. The Hall–Kier alpha value is -0.0400. The maximum Gasteiger partial charge on any atom is 0.00645 e. The van der Waals surface area contributed by atoms with Crippen LogP contribution in [0.25, 0.3) is 0 Å². The largest absolute Gasteiger partial charge is 0.314 e. The van der Waals surface area contributed by atoms with Crippen molar-refractivity contribution in [3.8, 4) is 0 Å². The fourth-order valence-corrected chi connectivity index (χ4v) is 1.92. The van der Waals surface area contributed by atoms with Gasteiger partial charge in [0.15, 0.2) is 0 Å². The van der Waals surface area contributed by atoms with Crippen LogP contribution in [0.4, 0.5) is 0 Å². The van der Waals surface area contributed by atoms with Crippen LogP contribution in [-0.4, -0.2) is 12.6 Å². The van der Waals surface area contributed by atoms with E-state index in [1.807, 2.05) is 0 Å². The maximum absolute atomic E-state index is 3.62. The molecule has 0 saturated heterocycles. The van der Waals surface area contributed by atoms with E-state index in [1.54, 1.807) is 0 Å². The lowest BCUT2D eigenvalue weighted by Crippen LogP contribution is -2.29. The zero-order chi connectivity index (χ0) is 10.8. The topological polar surface area (TPSA) is 12.0 Å². The highest BCUT2D eigenvalue weighted by molar-refractivity contribution is 4.66. The van der Waals surface area contributed by atoms with Crippen LogP contribution in [0.5, 0.6) is 0 Å². The molecule has 86 valence electrons. The maximum atomic E-state index is 3.62. The molecular formula is C13H29N. The first-order valence-corrected chi connectivity index (χ1v) is 6.47. The molecule has 0 aromatic rings. The molecule has 1 heteroatoms. The highest BCUT2D eigenvalue weighted by Gasteiger charge is 2.07. The summed E-state index contributed by atoms with van der Waals surface area (Å²) in [5, 5.41) is 3.62. The van der Waals surface area contributed by atoms with Crippen LogP contribution in [0.15, 0.2) is 0 Å². The third-order valence-electron chi connectivity index (χ3n) is 2.97. The summed E-state index contributed by atoms with van der Waals surface area (Å²) in [5.41, 5.74) is 0. The van der Waals surface area contributed by atoms with E-state index in [2.05, 4.69) is 33.0 Å². The summed E-state index contributed by atoms with van der Waals surface area (Å²) in [4.78, 5) is 0. The summed E-state index contributed by atoms with van der Waals surface area (Å²) < 4.78 is 0. The van der Waals surface area contributed by atoms with Crippen molar-refractivity contribution in [3.05, 3.63) is 0 Å².